The van der Waals surface area contributed by atoms with E-state index in [4.69, 9.17) is 0 Å². The summed E-state index contributed by atoms with van der Waals surface area (Å²) in [5.74, 6) is -0.0992. The molecule has 0 bridgehead atoms. The third-order valence-corrected chi connectivity index (χ3v) is 6.54. The first-order valence-corrected chi connectivity index (χ1v) is 10.9. The Balaban J connectivity index is 1.69. The van der Waals surface area contributed by atoms with Crippen molar-refractivity contribution in [1.82, 2.24) is 14.5 Å². The number of Topliss-reactive ketones (excluding diaryl/α,β-unsaturated/α-hetero) is 1. The average molecular weight is 404 g/mol. The van der Waals surface area contributed by atoms with Gasteiger partial charge in [-0.3, -0.25) is 9.48 Å². The molecule has 0 aliphatic rings. The molecule has 0 unspecified atom stereocenters. The van der Waals surface area contributed by atoms with Crippen LogP contribution < -0.4 is 4.72 Å². The third-order valence-electron chi connectivity index (χ3n) is 4.38. The molecule has 1 N–H and O–H groups in total. The van der Waals surface area contributed by atoms with E-state index in [0.29, 0.717) is 12.1 Å². The summed E-state index contributed by atoms with van der Waals surface area (Å²) >= 11 is 1.63. The Kier molecular flexibility index (Phi) is 5.59. The van der Waals surface area contributed by atoms with Gasteiger partial charge in [0.25, 0.3) is 0 Å². The van der Waals surface area contributed by atoms with Crippen molar-refractivity contribution in [3.63, 3.8) is 0 Å². The lowest BCUT2D eigenvalue weighted by atomic mass is 10.1. The van der Waals surface area contributed by atoms with Crippen molar-refractivity contribution in [3.8, 4) is 11.1 Å². The first-order valence-electron chi connectivity index (χ1n) is 8.47. The van der Waals surface area contributed by atoms with Crippen LogP contribution >= 0.6 is 11.3 Å². The van der Waals surface area contributed by atoms with Crippen molar-refractivity contribution in [2.75, 3.05) is 6.54 Å². The number of hydrogen-bond donors (Lipinski definition) is 1. The van der Waals surface area contributed by atoms with Crippen LogP contribution in [-0.4, -0.2) is 30.5 Å². The first kappa shape index (κ1) is 19.5. The molecule has 0 amide bonds. The van der Waals surface area contributed by atoms with E-state index in [-0.39, 0.29) is 17.2 Å². The van der Waals surface area contributed by atoms with Gasteiger partial charge in [-0.15, -0.1) is 0 Å². The minimum absolute atomic E-state index is 0.0992. The number of nitrogens with zero attached hydrogens (tertiary/aromatic N) is 2. The molecule has 0 saturated heterocycles. The highest BCUT2D eigenvalue weighted by atomic mass is 32.2. The summed E-state index contributed by atoms with van der Waals surface area (Å²) in [6.07, 6.45) is 0. The van der Waals surface area contributed by atoms with Crippen LogP contribution in [0.25, 0.3) is 11.1 Å². The predicted octanol–water partition coefficient (Wildman–Crippen LogP) is 3.41. The molecule has 2 heterocycles. The molecule has 3 rings (SSSR count). The zero-order valence-corrected chi connectivity index (χ0v) is 17.0. The van der Waals surface area contributed by atoms with Crippen molar-refractivity contribution in [2.45, 2.75) is 32.2 Å². The molecule has 0 aliphatic heterocycles. The van der Waals surface area contributed by atoms with Gasteiger partial charge in [0.1, 0.15) is 0 Å². The predicted molar refractivity (Wildman–Crippen MR) is 107 cm³/mol. The molecule has 0 radical (unpaired) electrons. The number of aryl methyl sites for hydroxylation is 1. The van der Waals surface area contributed by atoms with E-state index in [0.717, 1.165) is 22.5 Å². The second-order valence-corrected chi connectivity index (χ2v) is 8.81. The van der Waals surface area contributed by atoms with Gasteiger partial charge < -0.3 is 0 Å². The number of nitrogens with one attached hydrogen (secondary N) is 1. The SMILES string of the molecule is CC(=O)c1ccc(S(=O)(=O)NCCn2nc(C)c(-c3ccsc3)c2C)cc1. The topological polar surface area (TPSA) is 81.1 Å². The summed E-state index contributed by atoms with van der Waals surface area (Å²) < 4.78 is 29.3. The molecule has 1 aromatic carbocycles. The first-order chi connectivity index (χ1) is 12.8. The van der Waals surface area contributed by atoms with Gasteiger partial charge in [0.2, 0.25) is 10.0 Å². The number of ketones is 1. The summed E-state index contributed by atoms with van der Waals surface area (Å²) in [6.45, 7) is 6.04. The Morgan fingerprint density at radius 2 is 1.89 bits per heavy atom. The van der Waals surface area contributed by atoms with Crippen molar-refractivity contribution < 1.29 is 13.2 Å². The quantitative estimate of drug-likeness (QED) is 0.613. The average Bonchev–Trinajstić information content (AvgIpc) is 3.23. The fourth-order valence-electron chi connectivity index (χ4n) is 2.98. The van der Waals surface area contributed by atoms with Crippen molar-refractivity contribution >= 4 is 27.1 Å². The molecule has 0 spiro atoms. The van der Waals surface area contributed by atoms with Crippen LogP contribution in [-0.2, 0) is 16.6 Å². The van der Waals surface area contributed by atoms with Gasteiger partial charge in [-0.1, -0.05) is 12.1 Å². The van der Waals surface area contributed by atoms with E-state index in [1.165, 1.54) is 31.2 Å². The van der Waals surface area contributed by atoms with Gasteiger partial charge in [0, 0.05) is 23.4 Å². The number of rotatable bonds is 7. The summed E-state index contributed by atoms with van der Waals surface area (Å²) in [4.78, 5) is 11.4. The Bertz CT molecular complexity index is 1050. The van der Waals surface area contributed by atoms with Crippen LogP contribution in [0.15, 0.2) is 46.0 Å². The summed E-state index contributed by atoms with van der Waals surface area (Å²) in [6, 6.07) is 7.98. The van der Waals surface area contributed by atoms with Crippen LogP contribution in [0, 0.1) is 13.8 Å². The van der Waals surface area contributed by atoms with Crippen LogP contribution in [0.4, 0.5) is 0 Å². The van der Waals surface area contributed by atoms with Crippen LogP contribution in [0.3, 0.4) is 0 Å². The Morgan fingerprint density at radius 3 is 2.48 bits per heavy atom. The maximum atomic E-state index is 12.4. The maximum Gasteiger partial charge on any atom is 0.240 e. The molecule has 0 saturated carbocycles. The molecule has 0 atom stereocenters. The summed E-state index contributed by atoms with van der Waals surface area (Å²) in [5.41, 5.74) is 4.65. The van der Waals surface area contributed by atoms with Crippen LogP contribution in [0.2, 0.25) is 0 Å². The number of aromatic nitrogens is 2. The van der Waals surface area contributed by atoms with Crippen LogP contribution in [0.1, 0.15) is 28.7 Å². The van der Waals surface area contributed by atoms with Crippen molar-refractivity contribution in [2.24, 2.45) is 0 Å². The normalized spacial score (nSPS) is 11.7. The van der Waals surface area contributed by atoms with Gasteiger partial charge >= 0.3 is 0 Å². The molecule has 142 valence electrons. The van der Waals surface area contributed by atoms with E-state index in [2.05, 4.69) is 21.3 Å². The Labute approximate surface area is 162 Å². The Hall–Kier alpha value is -2.29. The fraction of sp³-hybridized carbons (Fsp3) is 0.263. The van der Waals surface area contributed by atoms with Crippen molar-refractivity contribution in [3.05, 3.63) is 58.0 Å². The smallest absolute Gasteiger partial charge is 0.240 e. The number of benzene rings is 1. The number of hydrogen-bond acceptors (Lipinski definition) is 5. The van der Waals surface area contributed by atoms with E-state index in [1.54, 1.807) is 11.3 Å². The minimum Gasteiger partial charge on any atom is -0.295 e. The number of sulfonamides is 1. The molecule has 0 aliphatic carbocycles. The molecular weight excluding hydrogens is 382 g/mol. The number of thiophene rings is 1. The zero-order chi connectivity index (χ0) is 19.6. The van der Waals surface area contributed by atoms with Gasteiger partial charge in [-0.05, 0) is 55.3 Å². The molecule has 8 heteroatoms. The molecule has 27 heavy (non-hydrogen) atoms. The second kappa shape index (κ2) is 7.75. The van der Waals surface area contributed by atoms with Gasteiger partial charge in [-0.2, -0.15) is 16.4 Å². The highest BCUT2D eigenvalue weighted by Gasteiger charge is 2.16. The molecule has 0 fully saturated rings. The van der Waals surface area contributed by atoms with E-state index < -0.39 is 10.0 Å². The highest BCUT2D eigenvalue weighted by Crippen LogP contribution is 2.28. The minimum atomic E-state index is -3.63. The molecular formula is C19H21N3O3S2. The summed E-state index contributed by atoms with van der Waals surface area (Å²) in [7, 11) is -3.63. The van der Waals surface area contributed by atoms with Crippen LogP contribution in [0.5, 0.6) is 0 Å². The van der Waals surface area contributed by atoms with Gasteiger partial charge in [0.05, 0.1) is 17.1 Å². The standard InChI is InChI=1S/C19H21N3O3S2/c1-13-19(17-8-11-26-12-17)14(2)22(21-13)10-9-20-27(24,25)18-6-4-16(5-7-18)15(3)23/h4-8,11-12,20H,9-10H2,1-3H3. The third kappa shape index (κ3) is 4.18. The maximum absolute atomic E-state index is 12.4. The van der Waals surface area contributed by atoms with Gasteiger partial charge in [-0.25, -0.2) is 13.1 Å². The molecule has 2 aromatic heterocycles. The lowest BCUT2D eigenvalue weighted by Crippen LogP contribution is -2.28. The van der Waals surface area contributed by atoms with Crippen molar-refractivity contribution in [1.29, 1.82) is 0 Å². The van der Waals surface area contributed by atoms with Gasteiger partial charge in [0.15, 0.2) is 5.78 Å². The zero-order valence-electron chi connectivity index (χ0n) is 15.4. The summed E-state index contributed by atoms with van der Waals surface area (Å²) in [5, 5.41) is 8.64. The van der Waals surface area contributed by atoms with E-state index in [1.807, 2.05) is 23.9 Å². The second-order valence-electron chi connectivity index (χ2n) is 6.26. The number of carbonyl (C=O) groups is 1. The molecule has 6 nitrogen and oxygen atoms in total. The fourth-order valence-corrected chi connectivity index (χ4v) is 4.65. The largest absolute Gasteiger partial charge is 0.295 e. The van der Waals surface area contributed by atoms with E-state index >= 15 is 0 Å². The Morgan fingerprint density at radius 1 is 1.19 bits per heavy atom. The number of carbonyl (C=O) groups excluding carboxylic acids is 1. The lowest BCUT2D eigenvalue weighted by Gasteiger charge is -2.09. The lowest BCUT2D eigenvalue weighted by molar-refractivity contribution is 0.101. The monoisotopic (exact) mass is 403 g/mol. The van der Waals surface area contributed by atoms with E-state index in [9.17, 15) is 13.2 Å². The highest BCUT2D eigenvalue weighted by molar-refractivity contribution is 7.89. The molecule has 3 aromatic rings.